The number of carbonyl (C=O) groups is 1. The van der Waals surface area contributed by atoms with Crippen molar-refractivity contribution in [2.75, 3.05) is 32.7 Å². The maximum absolute atomic E-state index is 13.4. The number of likely N-dealkylation sites (tertiary alicyclic amines) is 1. The van der Waals surface area contributed by atoms with Crippen molar-refractivity contribution >= 4 is 17.5 Å². The van der Waals surface area contributed by atoms with E-state index in [1.165, 1.54) is 6.07 Å². The van der Waals surface area contributed by atoms with Crippen LogP contribution in [0.5, 0.6) is 0 Å². The molecule has 2 heterocycles. The van der Waals surface area contributed by atoms with E-state index in [9.17, 15) is 9.18 Å². The highest BCUT2D eigenvalue weighted by atomic mass is 35.5. The van der Waals surface area contributed by atoms with Gasteiger partial charge in [0, 0.05) is 37.9 Å². The van der Waals surface area contributed by atoms with Crippen molar-refractivity contribution in [2.24, 2.45) is 5.92 Å². The quantitative estimate of drug-likeness (QED) is 0.647. The molecule has 1 aromatic carbocycles. The zero-order chi connectivity index (χ0) is 19.9. The summed E-state index contributed by atoms with van der Waals surface area (Å²) in [6.07, 6.45) is 4.66. The number of halogens is 2. The molecule has 1 aliphatic rings. The van der Waals surface area contributed by atoms with Crippen LogP contribution in [0.2, 0.25) is 5.15 Å². The van der Waals surface area contributed by atoms with Crippen molar-refractivity contribution in [3.63, 3.8) is 0 Å². The van der Waals surface area contributed by atoms with Gasteiger partial charge in [0.15, 0.2) is 0 Å². The van der Waals surface area contributed by atoms with E-state index >= 15 is 0 Å². The Morgan fingerprint density at radius 1 is 1.36 bits per heavy atom. The summed E-state index contributed by atoms with van der Waals surface area (Å²) < 4.78 is 13.4. The molecular weight excluding hydrogens is 377 g/mol. The third-order valence-corrected chi connectivity index (χ3v) is 5.54. The summed E-state index contributed by atoms with van der Waals surface area (Å²) in [7, 11) is 0. The van der Waals surface area contributed by atoms with Gasteiger partial charge in [-0.2, -0.15) is 0 Å². The van der Waals surface area contributed by atoms with Crippen molar-refractivity contribution in [1.29, 1.82) is 0 Å². The second-order valence-corrected chi connectivity index (χ2v) is 7.79. The average Bonchev–Trinajstić information content (AvgIpc) is 2.70. The molecule has 0 radical (unpaired) electrons. The Morgan fingerprint density at radius 2 is 2.21 bits per heavy atom. The van der Waals surface area contributed by atoms with E-state index in [0.29, 0.717) is 23.2 Å². The van der Waals surface area contributed by atoms with Crippen LogP contribution in [0.25, 0.3) is 0 Å². The van der Waals surface area contributed by atoms with Crippen LogP contribution < -0.4 is 0 Å². The largest absolute Gasteiger partial charge is 0.339 e. The van der Waals surface area contributed by atoms with Gasteiger partial charge in [0.05, 0.1) is 0 Å². The maximum atomic E-state index is 13.4. The first kappa shape index (κ1) is 20.7. The molecule has 0 aliphatic carbocycles. The number of nitrogens with zero attached hydrogens (tertiary/aromatic N) is 3. The fourth-order valence-electron chi connectivity index (χ4n) is 3.87. The van der Waals surface area contributed by atoms with Crippen molar-refractivity contribution in [3.8, 4) is 0 Å². The topological polar surface area (TPSA) is 36.4 Å². The molecule has 4 nitrogen and oxygen atoms in total. The van der Waals surface area contributed by atoms with Crippen LogP contribution in [-0.2, 0) is 6.42 Å². The highest BCUT2D eigenvalue weighted by molar-refractivity contribution is 6.29. The monoisotopic (exact) mass is 403 g/mol. The third kappa shape index (κ3) is 5.76. The lowest BCUT2D eigenvalue weighted by molar-refractivity contribution is 0.0690. The van der Waals surface area contributed by atoms with Gasteiger partial charge >= 0.3 is 0 Å². The zero-order valence-electron chi connectivity index (χ0n) is 16.3. The number of benzene rings is 1. The molecule has 0 saturated carbocycles. The summed E-state index contributed by atoms with van der Waals surface area (Å²) in [6.45, 7) is 6.36. The van der Waals surface area contributed by atoms with Crippen molar-refractivity contribution < 1.29 is 9.18 Å². The summed E-state index contributed by atoms with van der Waals surface area (Å²) >= 11 is 5.93. The van der Waals surface area contributed by atoms with Crippen molar-refractivity contribution in [2.45, 2.75) is 26.2 Å². The Labute approximate surface area is 171 Å². The number of rotatable bonds is 7. The van der Waals surface area contributed by atoms with Gasteiger partial charge < -0.3 is 9.80 Å². The van der Waals surface area contributed by atoms with E-state index in [-0.39, 0.29) is 11.7 Å². The number of aromatic nitrogens is 1. The Bertz CT molecular complexity index is 801. The number of carbonyl (C=O) groups excluding carboxylic acids is 1. The molecule has 0 spiro atoms. The van der Waals surface area contributed by atoms with E-state index in [1.807, 2.05) is 17.9 Å². The molecule has 28 heavy (non-hydrogen) atoms. The average molecular weight is 404 g/mol. The molecule has 6 heteroatoms. The van der Waals surface area contributed by atoms with E-state index in [4.69, 9.17) is 11.6 Å². The third-order valence-electron chi connectivity index (χ3n) is 5.33. The smallest absolute Gasteiger partial charge is 0.254 e. The Kier molecular flexibility index (Phi) is 7.40. The minimum atomic E-state index is -0.178. The molecule has 0 unspecified atom stereocenters. The second kappa shape index (κ2) is 9.99. The van der Waals surface area contributed by atoms with Gasteiger partial charge in [0.2, 0.25) is 0 Å². The molecule has 1 fully saturated rings. The molecule has 3 rings (SSSR count). The summed E-state index contributed by atoms with van der Waals surface area (Å²) in [5.74, 6) is 0.272. The summed E-state index contributed by atoms with van der Waals surface area (Å²) in [6, 6.07) is 10.2. The predicted molar refractivity (Wildman–Crippen MR) is 110 cm³/mol. The van der Waals surface area contributed by atoms with E-state index in [0.717, 1.165) is 51.0 Å². The molecule has 0 N–H and O–H groups in total. The molecule has 1 aliphatic heterocycles. The number of hydrogen-bond donors (Lipinski definition) is 0. The normalized spacial score (nSPS) is 17.5. The van der Waals surface area contributed by atoms with Crippen LogP contribution in [-0.4, -0.2) is 53.4 Å². The molecule has 1 aromatic heterocycles. The fraction of sp³-hybridized carbons (Fsp3) is 0.455. The molecule has 1 saturated heterocycles. The number of hydrogen-bond acceptors (Lipinski definition) is 3. The molecule has 1 atom stereocenters. The van der Waals surface area contributed by atoms with E-state index < -0.39 is 0 Å². The van der Waals surface area contributed by atoms with Gasteiger partial charge in [-0.25, -0.2) is 9.37 Å². The predicted octanol–water partition coefficient (Wildman–Crippen LogP) is 4.29. The van der Waals surface area contributed by atoms with Crippen LogP contribution >= 0.6 is 11.6 Å². The maximum Gasteiger partial charge on any atom is 0.254 e. The minimum Gasteiger partial charge on any atom is -0.339 e. The summed E-state index contributed by atoms with van der Waals surface area (Å²) in [5.41, 5.74) is 1.61. The zero-order valence-corrected chi connectivity index (χ0v) is 17.0. The van der Waals surface area contributed by atoms with Gasteiger partial charge in [0.1, 0.15) is 11.0 Å². The first-order valence-electron chi connectivity index (χ1n) is 9.92. The van der Waals surface area contributed by atoms with E-state index in [2.05, 4.69) is 9.88 Å². The highest BCUT2D eigenvalue weighted by Gasteiger charge is 2.24. The van der Waals surface area contributed by atoms with Gasteiger partial charge in [0.25, 0.3) is 5.91 Å². The van der Waals surface area contributed by atoms with Crippen LogP contribution in [0.1, 0.15) is 35.7 Å². The summed E-state index contributed by atoms with van der Waals surface area (Å²) in [4.78, 5) is 21.1. The van der Waals surface area contributed by atoms with Gasteiger partial charge in [-0.15, -0.1) is 0 Å². The first-order chi connectivity index (χ1) is 13.5. The molecule has 2 aromatic rings. The number of piperidine rings is 1. The Hall–Kier alpha value is -1.98. The van der Waals surface area contributed by atoms with Crippen molar-refractivity contribution in [3.05, 3.63) is 64.7 Å². The van der Waals surface area contributed by atoms with Crippen LogP contribution in [0.15, 0.2) is 42.6 Å². The lowest BCUT2D eigenvalue weighted by Crippen LogP contribution is -2.43. The first-order valence-corrected chi connectivity index (χ1v) is 10.3. The lowest BCUT2D eigenvalue weighted by Gasteiger charge is -2.35. The van der Waals surface area contributed by atoms with Crippen LogP contribution in [0.3, 0.4) is 0 Å². The molecular formula is C22H27ClFN3O. The fourth-order valence-corrected chi connectivity index (χ4v) is 4.04. The Morgan fingerprint density at radius 3 is 2.96 bits per heavy atom. The molecule has 150 valence electrons. The molecule has 1 amide bonds. The summed E-state index contributed by atoms with van der Waals surface area (Å²) in [5, 5.41) is 0.336. The van der Waals surface area contributed by atoms with Crippen LogP contribution in [0, 0.1) is 11.7 Å². The van der Waals surface area contributed by atoms with Crippen LogP contribution in [0.4, 0.5) is 4.39 Å². The van der Waals surface area contributed by atoms with Gasteiger partial charge in [-0.1, -0.05) is 23.7 Å². The SMILES string of the molecule is CCN(C[C@H]1CCCN(CCc2cccc(F)c2)C1)C(=O)c1ccnc(Cl)c1. The highest BCUT2D eigenvalue weighted by Crippen LogP contribution is 2.20. The standard InChI is InChI=1S/C22H27ClFN3O/c1-2-27(22(28)19-8-10-25-21(23)14-19)16-18-6-4-11-26(15-18)12-9-17-5-3-7-20(24)13-17/h3,5,7-8,10,13-14,18H,2,4,6,9,11-12,15-16H2,1H3/t18-/m0/s1. The van der Waals surface area contributed by atoms with Gasteiger partial charge in [-0.05, 0) is 68.5 Å². The second-order valence-electron chi connectivity index (χ2n) is 7.40. The molecule has 0 bridgehead atoms. The number of amides is 1. The van der Waals surface area contributed by atoms with Gasteiger partial charge in [-0.3, -0.25) is 4.79 Å². The Balaban J connectivity index is 1.54. The van der Waals surface area contributed by atoms with Crippen molar-refractivity contribution in [1.82, 2.24) is 14.8 Å². The lowest BCUT2D eigenvalue weighted by atomic mass is 9.96. The number of pyridine rings is 1. The van der Waals surface area contributed by atoms with E-state index in [1.54, 1.807) is 30.5 Å². The minimum absolute atomic E-state index is 0.00341.